The Kier molecular flexibility index (Phi) is 4.38. The van der Waals surface area contributed by atoms with Crippen LogP contribution in [0.1, 0.15) is 53.0 Å². The van der Waals surface area contributed by atoms with E-state index in [-0.39, 0.29) is 0 Å². The minimum atomic E-state index is -1.67. The maximum absolute atomic E-state index is 12.4. The molecule has 5 aromatic rings. The van der Waals surface area contributed by atoms with Crippen LogP contribution in [0, 0.1) is 13.8 Å². The fraction of sp³-hybridized carbons (Fsp3) is 0.240. The van der Waals surface area contributed by atoms with Crippen molar-refractivity contribution in [1.82, 2.24) is 30.1 Å². The maximum atomic E-state index is 12.4. The van der Waals surface area contributed by atoms with Gasteiger partial charge in [0.05, 0.1) is 28.6 Å². The third-order valence-corrected chi connectivity index (χ3v) is 6.25. The maximum Gasteiger partial charge on any atom is 0.177 e. The second-order valence-corrected chi connectivity index (χ2v) is 8.53. The van der Waals surface area contributed by atoms with Crippen molar-refractivity contribution in [2.45, 2.75) is 38.2 Å². The molecule has 1 unspecified atom stereocenters. The molecule has 8 nitrogen and oxygen atoms in total. The van der Waals surface area contributed by atoms with Crippen LogP contribution in [-0.4, -0.2) is 35.2 Å². The Morgan fingerprint density at radius 3 is 2.58 bits per heavy atom. The van der Waals surface area contributed by atoms with Crippen LogP contribution in [0.25, 0.3) is 22.2 Å². The first kappa shape index (κ1) is 19.8. The first-order valence-electron chi connectivity index (χ1n) is 10.9. The van der Waals surface area contributed by atoms with Crippen molar-refractivity contribution in [1.29, 1.82) is 0 Å². The fourth-order valence-corrected chi connectivity index (χ4v) is 4.47. The molecule has 1 fully saturated rings. The van der Waals surface area contributed by atoms with E-state index in [1.807, 2.05) is 38.1 Å². The summed E-state index contributed by atoms with van der Waals surface area (Å²) in [6.07, 6.45) is 8.60. The molecule has 6 rings (SSSR count). The Balaban J connectivity index is 1.70. The highest BCUT2D eigenvalue weighted by atomic mass is 16.5. The van der Waals surface area contributed by atoms with E-state index in [2.05, 4.69) is 25.1 Å². The number of hydrogen-bond acceptors (Lipinski definition) is 7. The molecule has 1 aliphatic rings. The molecule has 1 aliphatic carbocycles. The summed E-state index contributed by atoms with van der Waals surface area (Å²) in [4.78, 5) is 21.6. The zero-order valence-corrected chi connectivity index (χ0v) is 18.3. The van der Waals surface area contributed by atoms with Crippen LogP contribution in [0.2, 0.25) is 0 Å². The fourth-order valence-electron chi connectivity index (χ4n) is 4.47. The minimum absolute atomic E-state index is 0.372. The number of nitrogens with zero attached hydrogens (tertiary/aromatic N) is 5. The molecule has 0 aliphatic heterocycles. The molecule has 164 valence electrons. The smallest absolute Gasteiger partial charge is 0.177 e. The van der Waals surface area contributed by atoms with Gasteiger partial charge < -0.3 is 14.6 Å². The number of H-pyrrole nitrogens is 1. The van der Waals surface area contributed by atoms with Gasteiger partial charge in [0.25, 0.3) is 0 Å². The number of aromatic amines is 1. The monoisotopic (exact) mass is 438 g/mol. The molecule has 4 heterocycles. The molecule has 1 atom stereocenters. The molecule has 8 heteroatoms. The van der Waals surface area contributed by atoms with Gasteiger partial charge in [-0.3, -0.25) is 15.0 Å². The largest absolute Gasteiger partial charge is 0.373 e. The quantitative estimate of drug-likeness (QED) is 0.423. The number of fused-ring (bicyclic) bond motifs is 1. The van der Waals surface area contributed by atoms with Crippen LogP contribution in [0.4, 0.5) is 0 Å². The van der Waals surface area contributed by atoms with Crippen molar-refractivity contribution in [3.63, 3.8) is 0 Å². The number of rotatable bonds is 5. The van der Waals surface area contributed by atoms with Gasteiger partial charge in [0.2, 0.25) is 0 Å². The van der Waals surface area contributed by atoms with E-state index in [0.29, 0.717) is 34.1 Å². The molecule has 0 radical (unpaired) electrons. The second kappa shape index (κ2) is 7.31. The molecule has 0 bridgehead atoms. The molecule has 33 heavy (non-hydrogen) atoms. The number of aryl methyl sites for hydroxylation is 2. The molecule has 0 spiro atoms. The Morgan fingerprint density at radius 1 is 1.06 bits per heavy atom. The highest BCUT2D eigenvalue weighted by Crippen LogP contribution is 2.44. The average molecular weight is 438 g/mol. The van der Waals surface area contributed by atoms with Crippen molar-refractivity contribution < 1.29 is 9.63 Å². The Morgan fingerprint density at radius 2 is 1.91 bits per heavy atom. The van der Waals surface area contributed by atoms with Gasteiger partial charge in [-0.1, -0.05) is 11.2 Å². The van der Waals surface area contributed by atoms with Crippen molar-refractivity contribution in [3.8, 4) is 11.1 Å². The number of nitrogens with one attached hydrogen (secondary N) is 1. The van der Waals surface area contributed by atoms with E-state index in [4.69, 9.17) is 9.51 Å². The van der Waals surface area contributed by atoms with Gasteiger partial charge in [0.1, 0.15) is 17.3 Å². The zero-order valence-electron chi connectivity index (χ0n) is 18.3. The predicted octanol–water partition coefficient (Wildman–Crippen LogP) is 4.18. The molecular weight excluding hydrogens is 416 g/mol. The summed E-state index contributed by atoms with van der Waals surface area (Å²) in [6, 6.07) is 9.43. The predicted molar refractivity (Wildman–Crippen MR) is 121 cm³/mol. The third kappa shape index (κ3) is 3.14. The summed E-state index contributed by atoms with van der Waals surface area (Å²) in [5, 5.41) is 16.5. The van der Waals surface area contributed by atoms with Crippen LogP contribution in [0.15, 0.2) is 59.6 Å². The van der Waals surface area contributed by atoms with E-state index in [0.717, 1.165) is 41.0 Å². The van der Waals surface area contributed by atoms with Crippen LogP contribution < -0.4 is 0 Å². The lowest BCUT2D eigenvalue weighted by molar-refractivity contribution is 0.117. The van der Waals surface area contributed by atoms with Crippen molar-refractivity contribution >= 4 is 11.0 Å². The molecule has 4 aromatic heterocycles. The second-order valence-electron chi connectivity index (χ2n) is 8.53. The lowest BCUT2D eigenvalue weighted by atomic mass is 9.84. The topological polar surface area (TPSA) is 114 Å². The van der Waals surface area contributed by atoms with Gasteiger partial charge in [-0.25, -0.2) is 4.98 Å². The highest BCUT2D eigenvalue weighted by molar-refractivity contribution is 5.88. The zero-order chi connectivity index (χ0) is 22.6. The number of aliphatic hydroxyl groups is 1. The first-order valence-corrected chi connectivity index (χ1v) is 10.9. The van der Waals surface area contributed by atoms with E-state index >= 15 is 0 Å². The van der Waals surface area contributed by atoms with Gasteiger partial charge in [0, 0.05) is 35.6 Å². The number of pyridine rings is 1. The Hall–Kier alpha value is -3.91. The number of imidazole rings is 1. The SMILES string of the molecule is Cc1noc(C)c1-c1cc(C(O)(c2ccccn2)c2cnccn2)c2nc(C3CC3)[nH]c2c1. The summed E-state index contributed by atoms with van der Waals surface area (Å²) < 4.78 is 5.44. The van der Waals surface area contributed by atoms with E-state index in [1.165, 1.54) is 0 Å². The van der Waals surface area contributed by atoms with Crippen molar-refractivity contribution in [2.24, 2.45) is 0 Å². The Labute approximate surface area is 189 Å². The number of aromatic nitrogens is 6. The summed E-state index contributed by atoms with van der Waals surface area (Å²) in [5.74, 6) is 2.07. The van der Waals surface area contributed by atoms with Crippen LogP contribution in [-0.2, 0) is 5.60 Å². The average Bonchev–Trinajstić information content (AvgIpc) is 3.53. The molecule has 0 amide bonds. The van der Waals surface area contributed by atoms with Crippen LogP contribution in [0.5, 0.6) is 0 Å². The summed E-state index contributed by atoms with van der Waals surface area (Å²) in [7, 11) is 0. The first-order chi connectivity index (χ1) is 16.1. The molecule has 2 N–H and O–H groups in total. The molecular formula is C25H22N6O2. The Bertz CT molecular complexity index is 1400. The van der Waals surface area contributed by atoms with Gasteiger partial charge in [-0.05, 0) is 56.5 Å². The molecule has 1 saturated carbocycles. The normalized spacial score (nSPS) is 15.6. The van der Waals surface area contributed by atoms with Gasteiger partial charge in [-0.15, -0.1) is 0 Å². The van der Waals surface area contributed by atoms with Gasteiger partial charge in [-0.2, -0.15) is 0 Å². The van der Waals surface area contributed by atoms with Crippen molar-refractivity contribution in [3.05, 3.63) is 89.3 Å². The van der Waals surface area contributed by atoms with Crippen LogP contribution >= 0.6 is 0 Å². The molecule has 1 aromatic carbocycles. The third-order valence-electron chi connectivity index (χ3n) is 6.25. The van der Waals surface area contributed by atoms with Gasteiger partial charge >= 0.3 is 0 Å². The van der Waals surface area contributed by atoms with Crippen molar-refractivity contribution in [2.75, 3.05) is 0 Å². The summed E-state index contributed by atoms with van der Waals surface area (Å²) in [5.41, 5.74) is 3.79. The summed E-state index contributed by atoms with van der Waals surface area (Å²) in [6.45, 7) is 3.79. The van der Waals surface area contributed by atoms with E-state index < -0.39 is 5.60 Å². The highest BCUT2D eigenvalue weighted by Gasteiger charge is 2.40. The van der Waals surface area contributed by atoms with Crippen LogP contribution in [0.3, 0.4) is 0 Å². The van der Waals surface area contributed by atoms with E-state index in [9.17, 15) is 5.11 Å². The number of benzene rings is 1. The standard InChI is InChI=1S/C25H22N6O2/c1-14-22(15(2)33-31-14)17-11-18(23-19(12-17)29-24(30-23)16-6-7-16)25(32,20-5-3-4-8-27-20)21-13-26-9-10-28-21/h3-5,8-13,16,32H,6-7H2,1-2H3,(H,29,30). The lowest BCUT2D eigenvalue weighted by Gasteiger charge is -2.28. The van der Waals surface area contributed by atoms with E-state index in [1.54, 1.807) is 30.9 Å². The van der Waals surface area contributed by atoms with Gasteiger partial charge in [0.15, 0.2) is 5.60 Å². The number of hydrogen-bond donors (Lipinski definition) is 2. The minimum Gasteiger partial charge on any atom is -0.373 e. The lowest BCUT2D eigenvalue weighted by Crippen LogP contribution is -2.31. The molecule has 0 saturated heterocycles. The summed E-state index contributed by atoms with van der Waals surface area (Å²) >= 11 is 0.